The topological polar surface area (TPSA) is 25.2 Å². The monoisotopic (exact) mass is 280 g/mol. The third kappa shape index (κ3) is 2.06. The van der Waals surface area contributed by atoms with E-state index in [1.807, 2.05) is 30.3 Å². The number of hydrogen-bond acceptors (Lipinski definition) is 3. The molecule has 2 nitrogen and oxygen atoms in total. The summed E-state index contributed by atoms with van der Waals surface area (Å²) in [5, 5.41) is 1.95. The average molecular weight is 281 g/mol. The van der Waals surface area contributed by atoms with Gasteiger partial charge in [0.1, 0.15) is 10.2 Å². The minimum Gasteiger partial charge on any atom is -0.247 e. The third-order valence-electron chi connectivity index (χ3n) is 2.34. The molecule has 0 bridgehead atoms. The summed E-state index contributed by atoms with van der Waals surface area (Å²) in [6, 6.07) is 9.33. The first-order valence-corrected chi connectivity index (χ1v) is 6.48. The second-order valence-electron chi connectivity index (χ2n) is 3.47. The van der Waals surface area contributed by atoms with Gasteiger partial charge >= 0.3 is 0 Å². The van der Waals surface area contributed by atoms with E-state index in [2.05, 4.69) is 9.98 Å². The molecule has 0 saturated heterocycles. The minimum absolute atomic E-state index is 0.446. The molecule has 2 heterocycles. The van der Waals surface area contributed by atoms with Crippen molar-refractivity contribution in [2.75, 3.05) is 0 Å². The first-order valence-electron chi connectivity index (χ1n) is 4.91. The standard InChI is InChI=1S/C12H6Cl2N2S/c13-7-3-4-10-8(6-7)11(14)16-9-2-1-5-15-12(9)17-10/h1-6H. The maximum absolute atomic E-state index is 6.20. The van der Waals surface area contributed by atoms with Crippen LogP contribution in [0.2, 0.25) is 5.02 Å². The molecular weight excluding hydrogens is 275 g/mol. The van der Waals surface area contributed by atoms with E-state index >= 15 is 0 Å². The Labute approximate surface area is 113 Å². The molecule has 0 fully saturated rings. The summed E-state index contributed by atoms with van der Waals surface area (Å²) in [4.78, 5) is 9.68. The lowest BCUT2D eigenvalue weighted by atomic mass is 10.2. The highest BCUT2D eigenvalue weighted by molar-refractivity contribution is 7.99. The zero-order chi connectivity index (χ0) is 11.8. The van der Waals surface area contributed by atoms with Crippen molar-refractivity contribution in [1.29, 1.82) is 0 Å². The van der Waals surface area contributed by atoms with Crippen LogP contribution in [0.25, 0.3) is 0 Å². The largest absolute Gasteiger partial charge is 0.247 e. The molecule has 0 N–H and O–H groups in total. The number of aromatic nitrogens is 1. The maximum atomic E-state index is 6.20. The van der Waals surface area contributed by atoms with E-state index < -0.39 is 0 Å². The van der Waals surface area contributed by atoms with Gasteiger partial charge in [0.15, 0.2) is 0 Å². The smallest absolute Gasteiger partial charge is 0.138 e. The predicted molar refractivity (Wildman–Crippen MR) is 71.9 cm³/mol. The van der Waals surface area contributed by atoms with Crippen LogP contribution in [0.5, 0.6) is 0 Å². The molecule has 84 valence electrons. The summed E-state index contributed by atoms with van der Waals surface area (Å²) >= 11 is 13.7. The highest BCUT2D eigenvalue weighted by atomic mass is 35.5. The molecule has 0 unspecified atom stereocenters. The van der Waals surface area contributed by atoms with Crippen LogP contribution >= 0.6 is 35.0 Å². The molecule has 3 rings (SSSR count). The first kappa shape index (κ1) is 11.1. The Kier molecular flexibility index (Phi) is 2.82. The molecule has 0 spiro atoms. The fourth-order valence-corrected chi connectivity index (χ4v) is 2.99. The Morgan fingerprint density at radius 3 is 2.88 bits per heavy atom. The van der Waals surface area contributed by atoms with Crippen LogP contribution in [0.1, 0.15) is 5.56 Å². The van der Waals surface area contributed by atoms with Crippen molar-refractivity contribution in [3.05, 3.63) is 47.1 Å². The summed E-state index contributed by atoms with van der Waals surface area (Å²) in [7, 11) is 0. The SMILES string of the molecule is ClC1=Nc2cccnc2Sc2ccc(Cl)cc21. The molecule has 0 radical (unpaired) electrons. The van der Waals surface area contributed by atoms with Gasteiger partial charge in [-0.05, 0) is 30.3 Å². The molecule has 0 amide bonds. The van der Waals surface area contributed by atoms with Gasteiger partial charge in [-0.3, -0.25) is 0 Å². The van der Waals surface area contributed by atoms with Crippen LogP contribution in [-0.2, 0) is 0 Å². The lowest BCUT2D eigenvalue weighted by Gasteiger charge is -2.04. The molecule has 0 aliphatic carbocycles. The Morgan fingerprint density at radius 1 is 1.12 bits per heavy atom. The van der Waals surface area contributed by atoms with Crippen molar-refractivity contribution in [3.63, 3.8) is 0 Å². The highest BCUT2D eigenvalue weighted by Gasteiger charge is 2.16. The number of benzene rings is 1. The van der Waals surface area contributed by atoms with Crippen LogP contribution in [0.4, 0.5) is 5.69 Å². The Bertz CT molecular complexity index is 626. The molecule has 0 saturated carbocycles. The number of aliphatic imine (C=N–C) groups is 1. The van der Waals surface area contributed by atoms with Crippen molar-refractivity contribution in [2.24, 2.45) is 4.99 Å². The number of fused-ring (bicyclic) bond motifs is 2. The van der Waals surface area contributed by atoms with E-state index in [4.69, 9.17) is 23.2 Å². The van der Waals surface area contributed by atoms with E-state index in [9.17, 15) is 0 Å². The van der Waals surface area contributed by atoms with Gasteiger partial charge < -0.3 is 0 Å². The summed E-state index contributed by atoms with van der Waals surface area (Å²) < 4.78 is 0. The van der Waals surface area contributed by atoms with Crippen LogP contribution < -0.4 is 0 Å². The van der Waals surface area contributed by atoms with Crippen LogP contribution in [0.3, 0.4) is 0 Å². The second kappa shape index (κ2) is 4.33. The molecule has 1 aliphatic heterocycles. The van der Waals surface area contributed by atoms with Gasteiger partial charge in [-0.15, -0.1) is 0 Å². The fraction of sp³-hybridized carbons (Fsp3) is 0. The van der Waals surface area contributed by atoms with Crippen molar-refractivity contribution < 1.29 is 0 Å². The van der Waals surface area contributed by atoms with E-state index in [0.29, 0.717) is 10.2 Å². The molecular formula is C12H6Cl2N2S. The van der Waals surface area contributed by atoms with Crippen molar-refractivity contribution in [3.8, 4) is 0 Å². The van der Waals surface area contributed by atoms with Gasteiger partial charge in [-0.2, -0.15) is 0 Å². The zero-order valence-electron chi connectivity index (χ0n) is 8.52. The molecule has 2 aromatic rings. The van der Waals surface area contributed by atoms with Crippen molar-refractivity contribution >= 4 is 45.8 Å². The first-order chi connectivity index (χ1) is 8.24. The fourth-order valence-electron chi connectivity index (χ4n) is 1.57. The maximum Gasteiger partial charge on any atom is 0.138 e. The molecule has 1 aromatic carbocycles. The van der Waals surface area contributed by atoms with Gasteiger partial charge in [0.05, 0.1) is 5.69 Å². The Morgan fingerprint density at radius 2 is 2.00 bits per heavy atom. The molecule has 1 aliphatic rings. The van der Waals surface area contributed by atoms with Gasteiger partial charge in [0.2, 0.25) is 0 Å². The van der Waals surface area contributed by atoms with Crippen LogP contribution in [0.15, 0.2) is 51.4 Å². The lowest BCUT2D eigenvalue weighted by Crippen LogP contribution is -1.91. The lowest BCUT2D eigenvalue weighted by molar-refractivity contribution is 1.13. The number of pyridine rings is 1. The predicted octanol–water partition coefficient (Wildman–Crippen LogP) is 4.52. The van der Waals surface area contributed by atoms with E-state index in [1.54, 1.807) is 18.0 Å². The minimum atomic E-state index is 0.446. The summed E-state index contributed by atoms with van der Waals surface area (Å²) in [6.07, 6.45) is 1.75. The van der Waals surface area contributed by atoms with Gasteiger partial charge in [-0.25, -0.2) is 9.98 Å². The van der Waals surface area contributed by atoms with Gasteiger partial charge in [0.25, 0.3) is 0 Å². The van der Waals surface area contributed by atoms with Crippen molar-refractivity contribution in [2.45, 2.75) is 9.92 Å². The molecule has 0 atom stereocenters. The van der Waals surface area contributed by atoms with Crippen LogP contribution in [-0.4, -0.2) is 10.2 Å². The third-order valence-corrected chi connectivity index (χ3v) is 3.95. The number of halogens is 2. The van der Waals surface area contributed by atoms with E-state index in [-0.39, 0.29) is 0 Å². The molecule has 5 heteroatoms. The molecule has 1 aromatic heterocycles. The van der Waals surface area contributed by atoms with Gasteiger partial charge in [0, 0.05) is 21.7 Å². The number of nitrogens with zero attached hydrogens (tertiary/aromatic N) is 2. The van der Waals surface area contributed by atoms with Crippen LogP contribution in [0, 0.1) is 0 Å². The zero-order valence-corrected chi connectivity index (χ0v) is 10.9. The molecule has 17 heavy (non-hydrogen) atoms. The van der Waals surface area contributed by atoms with E-state index in [0.717, 1.165) is 21.2 Å². The summed E-state index contributed by atoms with van der Waals surface area (Å²) in [5.74, 6) is 0. The number of hydrogen-bond donors (Lipinski definition) is 0. The average Bonchev–Trinajstić information content (AvgIpc) is 2.46. The quantitative estimate of drug-likeness (QED) is 0.709. The summed E-state index contributed by atoms with van der Waals surface area (Å²) in [5.41, 5.74) is 1.64. The second-order valence-corrected chi connectivity index (χ2v) is 5.30. The normalized spacial score (nSPS) is 13.4. The van der Waals surface area contributed by atoms with Crippen molar-refractivity contribution in [1.82, 2.24) is 4.98 Å². The Hall–Kier alpha value is -1.03. The highest BCUT2D eigenvalue weighted by Crippen LogP contribution is 2.39. The number of rotatable bonds is 0. The van der Waals surface area contributed by atoms with E-state index in [1.165, 1.54) is 0 Å². The van der Waals surface area contributed by atoms with Gasteiger partial charge in [-0.1, -0.05) is 35.0 Å². The summed E-state index contributed by atoms with van der Waals surface area (Å²) in [6.45, 7) is 0. The Balaban J connectivity index is 2.24.